The maximum atomic E-state index is 13.8. The number of rotatable bonds is 4. The van der Waals surface area contributed by atoms with Crippen LogP contribution in [0.2, 0.25) is 0 Å². The minimum Gasteiger partial charge on any atom is -0.508 e. The lowest BCUT2D eigenvalue weighted by Gasteiger charge is -2.38. The summed E-state index contributed by atoms with van der Waals surface area (Å²) in [5.41, 5.74) is -6.94. The van der Waals surface area contributed by atoms with Crippen molar-refractivity contribution in [3.05, 3.63) is 59.7 Å². The molecule has 11 heteroatoms. The first-order valence-electron chi connectivity index (χ1n) is 7.41. The number of hydrogen-bond acceptors (Lipinski definition) is 2. The normalized spacial score (nSPS) is 13.5. The zero-order valence-electron chi connectivity index (χ0n) is 13.6. The van der Waals surface area contributed by atoms with E-state index in [1.165, 1.54) is 0 Å². The van der Waals surface area contributed by atoms with Gasteiger partial charge in [-0.3, -0.25) is 0 Å². The fourth-order valence-corrected chi connectivity index (χ4v) is 2.66. The molecule has 0 saturated carbocycles. The lowest BCUT2D eigenvalue weighted by atomic mass is 9.73. The van der Waals surface area contributed by atoms with Gasteiger partial charge in [0.2, 0.25) is 5.41 Å². The van der Waals surface area contributed by atoms with Crippen LogP contribution in [0.15, 0.2) is 48.5 Å². The van der Waals surface area contributed by atoms with E-state index in [0.717, 1.165) is 0 Å². The third kappa shape index (κ3) is 4.12. The predicted molar refractivity (Wildman–Crippen MR) is 79.0 cm³/mol. The van der Waals surface area contributed by atoms with Crippen LogP contribution < -0.4 is 4.74 Å². The molecule has 0 fully saturated rings. The number of phenols is 1. The molecule has 2 nitrogen and oxygen atoms in total. The number of phenolic OH excluding ortho intramolecular Hbond substituents is 1. The molecular weight excluding hydrogens is 407 g/mol. The maximum absolute atomic E-state index is 13.8. The van der Waals surface area contributed by atoms with E-state index >= 15 is 0 Å². The van der Waals surface area contributed by atoms with E-state index in [0.29, 0.717) is 48.5 Å². The standard InChI is InChI=1S/C17H11F9O2/c18-14(19,20)9-28-13-7-3-11(4-8-13)15(16(21,22)23,17(24,25)26)10-1-5-12(27)6-2-10/h1-8,27H,9H2. The summed E-state index contributed by atoms with van der Waals surface area (Å²) in [4.78, 5) is 0. The summed E-state index contributed by atoms with van der Waals surface area (Å²) >= 11 is 0. The topological polar surface area (TPSA) is 29.5 Å². The molecule has 28 heavy (non-hydrogen) atoms. The Balaban J connectivity index is 2.61. The third-order valence-corrected chi connectivity index (χ3v) is 3.84. The van der Waals surface area contributed by atoms with Crippen molar-refractivity contribution in [3.63, 3.8) is 0 Å². The van der Waals surface area contributed by atoms with Crippen molar-refractivity contribution in [2.75, 3.05) is 6.61 Å². The van der Waals surface area contributed by atoms with Gasteiger partial charge < -0.3 is 9.84 Å². The summed E-state index contributed by atoms with van der Waals surface area (Å²) in [6.45, 7) is -1.76. The van der Waals surface area contributed by atoms with Crippen LogP contribution in [0.5, 0.6) is 11.5 Å². The molecule has 1 N–H and O–H groups in total. The van der Waals surface area contributed by atoms with E-state index in [1.807, 2.05) is 0 Å². The van der Waals surface area contributed by atoms with Gasteiger partial charge in [-0.1, -0.05) is 24.3 Å². The number of alkyl halides is 9. The van der Waals surface area contributed by atoms with Crippen LogP contribution in [0.25, 0.3) is 0 Å². The van der Waals surface area contributed by atoms with Crippen LogP contribution in [-0.4, -0.2) is 30.2 Å². The number of halogens is 9. The summed E-state index contributed by atoms with van der Waals surface area (Å²) < 4.78 is 123. The molecule has 0 saturated heterocycles. The Morgan fingerprint density at radius 3 is 1.39 bits per heavy atom. The maximum Gasteiger partial charge on any atom is 0.422 e. The van der Waals surface area contributed by atoms with Gasteiger partial charge in [-0.25, -0.2) is 0 Å². The summed E-state index contributed by atoms with van der Waals surface area (Å²) in [5, 5.41) is 9.19. The van der Waals surface area contributed by atoms with Gasteiger partial charge in [-0.2, -0.15) is 39.5 Å². The molecule has 0 bridgehead atoms. The van der Waals surface area contributed by atoms with E-state index < -0.39 is 53.2 Å². The molecule has 154 valence electrons. The van der Waals surface area contributed by atoms with E-state index in [-0.39, 0.29) is 0 Å². The highest BCUT2D eigenvalue weighted by molar-refractivity contribution is 5.46. The van der Waals surface area contributed by atoms with Crippen LogP contribution in [-0.2, 0) is 5.41 Å². The summed E-state index contributed by atoms with van der Waals surface area (Å²) in [6.07, 6.45) is -16.4. The second-order valence-electron chi connectivity index (χ2n) is 5.72. The summed E-state index contributed by atoms with van der Waals surface area (Å²) in [7, 11) is 0. The van der Waals surface area contributed by atoms with E-state index in [4.69, 9.17) is 0 Å². The highest BCUT2D eigenvalue weighted by atomic mass is 19.4. The Hall–Kier alpha value is -2.59. The molecule has 0 atom stereocenters. The average Bonchev–Trinajstić information content (AvgIpc) is 2.53. The third-order valence-electron chi connectivity index (χ3n) is 3.84. The lowest BCUT2D eigenvalue weighted by molar-refractivity contribution is -0.288. The number of benzene rings is 2. The molecule has 0 unspecified atom stereocenters. The fraction of sp³-hybridized carbons (Fsp3) is 0.294. The van der Waals surface area contributed by atoms with Crippen molar-refractivity contribution in [2.24, 2.45) is 0 Å². The van der Waals surface area contributed by atoms with Crippen LogP contribution in [0.1, 0.15) is 11.1 Å². The zero-order chi connectivity index (χ0) is 21.4. The van der Waals surface area contributed by atoms with E-state index in [1.54, 1.807) is 0 Å². The van der Waals surface area contributed by atoms with Crippen LogP contribution in [0.4, 0.5) is 39.5 Å². The Kier molecular flexibility index (Phi) is 5.50. The minimum absolute atomic E-state index is 0.402. The molecule has 0 aliphatic heterocycles. The Bertz CT molecular complexity index is 774. The number of hydrogen-bond donors (Lipinski definition) is 1. The van der Waals surface area contributed by atoms with Crippen molar-refractivity contribution < 1.29 is 49.4 Å². The monoisotopic (exact) mass is 418 g/mol. The van der Waals surface area contributed by atoms with Gasteiger partial charge >= 0.3 is 18.5 Å². The average molecular weight is 418 g/mol. The highest BCUT2D eigenvalue weighted by Crippen LogP contribution is 2.56. The molecule has 0 amide bonds. The first-order chi connectivity index (χ1) is 12.7. The van der Waals surface area contributed by atoms with Crippen molar-refractivity contribution in [3.8, 4) is 11.5 Å². The smallest absolute Gasteiger partial charge is 0.422 e. The second kappa shape index (κ2) is 7.10. The number of aromatic hydroxyl groups is 1. The SMILES string of the molecule is Oc1ccc(C(c2ccc(OCC(F)(F)F)cc2)(C(F)(F)F)C(F)(F)F)cc1. The Morgan fingerprint density at radius 1 is 0.643 bits per heavy atom. The van der Waals surface area contributed by atoms with Gasteiger partial charge in [0, 0.05) is 0 Å². The van der Waals surface area contributed by atoms with Crippen LogP contribution in [0.3, 0.4) is 0 Å². The largest absolute Gasteiger partial charge is 0.508 e. The molecule has 0 radical (unpaired) electrons. The van der Waals surface area contributed by atoms with Crippen LogP contribution in [0, 0.1) is 0 Å². The van der Waals surface area contributed by atoms with Crippen molar-refractivity contribution in [2.45, 2.75) is 23.9 Å². The molecule has 2 rings (SSSR count). The lowest BCUT2D eigenvalue weighted by Crippen LogP contribution is -2.54. The quantitative estimate of drug-likeness (QED) is 0.642. The fourth-order valence-electron chi connectivity index (χ4n) is 2.66. The van der Waals surface area contributed by atoms with Gasteiger partial charge in [0.15, 0.2) is 6.61 Å². The minimum atomic E-state index is -5.85. The van der Waals surface area contributed by atoms with Gasteiger partial charge in [0.1, 0.15) is 11.5 Å². The first kappa shape index (κ1) is 21.7. The summed E-state index contributed by atoms with van der Waals surface area (Å²) in [5.74, 6) is -1.09. The van der Waals surface area contributed by atoms with Crippen molar-refractivity contribution in [1.29, 1.82) is 0 Å². The molecule has 2 aromatic rings. The Labute approximate surface area is 152 Å². The molecular formula is C17H11F9O2. The molecule has 0 aliphatic rings. The van der Waals surface area contributed by atoms with Crippen molar-refractivity contribution in [1.82, 2.24) is 0 Å². The van der Waals surface area contributed by atoms with E-state index in [2.05, 4.69) is 4.74 Å². The van der Waals surface area contributed by atoms with Crippen molar-refractivity contribution >= 4 is 0 Å². The van der Waals surface area contributed by atoms with Gasteiger partial charge in [-0.15, -0.1) is 0 Å². The van der Waals surface area contributed by atoms with E-state index in [9.17, 15) is 44.6 Å². The Morgan fingerprint density at radius 2 is 1.04 bits per heavy atom. The van der Waals surface area contributed by atoms with Gasteiger partial charge in [-0.05, 0) is 35.4 Å². The highest BCUT2D eigenvalue weighted by Gasteiger charge is 2.72. The van der Waals surface area contributed by atoms with Gasteiger partial charge in [0.25, 0.3) is 0 Å². The molecule has 0 spiro atoms. The first-order valence-corrected chi connectivity index (χ1v) is 7.41. The second-order valence-corrected chi connectivity index (χ2v) is 5.72. The predicted octanol–water partition coefficient (Wildman–Crippen LogP) is 5.74. The molecule has 2 aromatic carbocycles. The molecule has 0 aromatic heterocycles. The summed E-state index contributed by atoms with van der Waals surface area (Å²) in [6, 6.07) is 4.28. The van der Waals surface area contributed by atoms with Gasteiger partial charge in [0.05, 0.1) is 0 Å². The molecule has 0 aliphatic carbocycles. The van der Waals surface area contributed by atoms with Crippen LogP contribution >= 0.6 is 0 Å². The zero-order valence-corrected chi connectivity index (χ0v) is 13.6. The molecule has 0 heterocycles. The number of ether oxygens (including phenoxy) is 1.